The van der Waals surface area contributed by atoms with E-state index in [4.69, 9.17) is 14.1 Å². The average Bonchev–Trinajstić information content (AvgIpc) is 2.68. The third kappa shape index (κ3) is 3.52. The molecule has 0 bridgehead atoms. The van der Waals surface area contributed by atoms with Crippen LogP contribution in [0, 0.1) is 11.5 Å². The number of amidine groups is 1. The van der Waals surface area contributed by atoms with Crippen LogP contribution in [0.1, 0.15) is 0 Å². The molecule has 4 nitrogen and oxygen atoms in total. The van der Waals surface area contributed by atoms with E-state index in [0.717, 1.165) is 10.7 Å². The predicted octanol–water partition coefficient (Wildman–Crippen LogP) is 1.47. The zero-order valence-corrected chi connectivity index (χ0v) is 16.4. The fourth-order valence-corrected chi connectivity index (χ4v) is 13.5. The SMILES string of the molecule is N#CN=C(N)[O][Sn]([c]1ccccc1)([c]1ccccc1)[c]1ccccc1. The number of nitriles is 1. The van der Waals surface area contributed by atoms with Gasteiger partial charge in [0.25, 0.3) is 0 Å². The van der Waals surface area contributed by atoms with Gasteiger partial charge in [0.05, 0.1) is 0 Å². The van der Waals surface area contributed by atoms with Crippen molar-refractivity contribution >= 4 is 35.6 Å². The van der Waals surface area contributed by atoms with Gasteiger partial charge < -0.3 is 0 Å². The Morgan fingerprint density at radius 1 is 0.760 bits per heavy atom. The number of rotatable bonds is 4. The third-order valence-electron chi connectivity index (χ3n) is 3.96. The number of nitrogens with zero attached hydrogens (tertiary/aromatic N) is 2. The first-order chi connectivity index (χ1) is 12.3. The quantitative estimate of drug-likeness (QED) is 0.293. The van der Waals surface area contributed by atoms with Gasteiger partial charge >= 0.3 is 152 Å². The van der Waals surface area contributed by atoms with Crippen LogP contribution >= 0.6 is 0 Å². The molecule has 0 atom stereocenters. The molecule has 0 fully saturated rings. The summed E-state index contributed by atoms with van der Waals surface area (Å²) in [5.74, 6) is 0. The van der Waals surface area contributed by atoms with Gasteiger partial charge in [0.2, 0.25) is 0 Å². The first-order valence-corrected chi connectivity index (χ1v) is 13.3. The van der Waals surface area contributed by atoms with E-state index in [2.05, 4.69) is 41.4 Å². The monoisotopic (exact) mass is 435 g/mol. The molecule has 5 heteroatoms. The van der Waals surface area contributed by atoms with Crippen molar-refractivity contribution in [1.82, 2.24) is 0 Å². The molecular formula is C20H17N3OSn. The van der Waals surface area contributed by atoms with Gasteiger partial charge in [-0.05, 0) is 0 Å². The Kier molecular flexibility index (Phi) is 5.36. The third-order valence-corrected chi connectivity index (χ3v) is 15.2. The van der Waals surface area contributed by atoms with Crippen LogP contribution in [0.25, 0.3) is 0 Å². The standard InChI is InChI=1S/3C6H5.C2H3N3O.Sn/c3*1-2-4-6-5-3-1;3-1-5-2(4)6;/h3*1-5H;(H3,4,5,6);/q;;;;+1/p-1. The molecule has 0 aliphatic carbocycles. The fraction of sp³-hybridized carbons (Fsp3) is 0. The Morgan fingerprint density at radius 2 is 1.12 bits per heavy atom. The Labute approximate surface area is 151 Å². The van der Waals surface area contributed by atoms with E-state index in [1.807, 2.05) is 54.6 Å². The van der Waals surface area contributed by atoms with Crippen molar-refractivity contribution in [1.29, 1.82) is 5.26 Å². The van der Waals surface area contributed by atoms with Crippen LogP contribution in [0.2, 0.25) is 0 Å². The first kappa shape index (κ1) is 17.1. The molecule has 0 saturated carbocycles. The molecule has 0 saturated heterocycles. The van der Waals surface area contributed by atoms with Crippen molar-refractivity contribution in [3.63, 3.8) is 0 Å². The molecule has 0 aliphatic heterocycles. The van der Waals surface area contributed by atoms with Crippen molar-refractivity contribution in [2.45, 2.75) is 0 Å². The van der Waals surface area contributed by atoms with Crippen LogP contribution in [-0.2, 0) is 3.07 Å². The summed E-state index contributed by atoms with van der Waals surface area (Å²) < 4.78 is 9.66. The summed E-state index contributed by atoms with van der Waals surface area (Å²) in [6.45, 7) is 0. The van der Waals surface area contributed by atoms with Gasteiger partial charge in [-0.1, -0.05) is 0 Å². The molecule has 2 N–H and O–H groups in total. The van der Waals surface area contributed by atoms with E-state index in [1.165, 1.54) is 0 Å². The van der Waals surface area contributed by atoms with Gasteiger partial charge in [0, 0.05) is 0 Å². The second-order valence-electron chi connectivity index (χ2n) is 5.43. The first-order valence-electron chi connectivity index (χ1n) is 7.85. The van der Waals surface area contributed by atoms with Crippen molar-refractivity contribution < 1.29 is 3.07 Å². The van der Waals surface area contributed by atoms with E-state index >= 15 is 0 Å². The van der Waals surface area contributed by atoms with Crippen LogP contribution in [0.3, 0.4) is 0 Å². The molecule has 0 radical (unpaired) electrons. The molecule has 0 heterocycles. The normalized spacial score (nSPS) is 11.6. The van der Waals surface area contributed by atoms with Crippen molar-refractivity contribution in [3.8, 4) is 6.19 Å². The molecule has 25 heavy (non-hydrogen) atoms. The Balaban J connectivity index is 2.32. The van der Waals surface area contributed by atoms with Crippen LogP contribution in [-0.4, -0.2) is 24.8 Å². The van der Waals surface area contributed by atoms with E-state index < -0.39 is 18.8 Å². The van der Waals surface area contributed by atoms with Gasteiger partial charge in [0.1, 0.15) is 0 Å². The van der Waals surface area contributed by atoms with Gasteiger partial charge in [-0.3, -0.25) is 0 Å². The van der Waals surface area contributed by atoms with Crippen molar-refractivity contribution in [2.75, 3.05) is 0 Å². The summed E-state index contributed by atoms with van der Waals surface area (Å²) in [7, 11) is 0. The number of aliphatic imine (C=N–C) groups is 1. The van der Waals surface area contributed by atoms with Crippen LogP contribution in [0.4, 0.5) is 0 Å². The molecule has 0 aliphatic rings. The number of nitrogens with two attached hydrogens (primary N) is 1. The summed E-state index contributed by atoms with van der Waals surface area (Å²) in [4.78, 5) is 3.62. The number of hydrogen-bond acceptors (Lipinski definition) is 3. The molecule has 0 unspecified atom stereocenters. The van der Waals surface area contributed by atoms with Crippen LogP contribution in [0.5, 0.6) is 0 Å². The average molecular weight is 434 g/mol. The van der Waals surface area contributed by atoms with Gasteiger partial charge in [-0.15, -0.1) is 0 Å². The fourth-order valence-electron chi connectivity index (χ4n) is 2.92. The van der Waals surface area contributed by atoms with Gasteiger partial charge in [0.15, 0.2) is 0 Å². The van der Waals surface area contributed by atoms with Crippen molar-refractivity contribution in [3.05, 3.63) is 91.0 Å². The van der Waals surface area contributed by atoms with Gasteiger partial charge in [-0.2, -0.15) is 0 Å². The van der Waals surface area contributed by atoms with Crippen LogP contribution in [0.15, 0.2) is 96.0 Å². The van der Waals surface area contributed by atoms with E-state index in [1.54, 1.807) is 6.19 Å². The molecule has 0 aromatic heterocycles. The summed E-state index contributed by atoms with van der Waals surface area (Å²) in [6, 6.07) is 30.2. The maximum absolute atomic E-state index is 8.87. The van der Waals surface area contributed by atoms with Crippen molar-refractivity contribution in [2.24, 2.45) is 10.7 Å². The second kappa shape index (κ2) is 7.86. The molecule has 3 rings (SSSR count). The molecule has 0 amide bonds. The Bertz CT molecular complexity index is 794. The molecule has 122 valence electrons. The summed E-state index contributed by atoms with van der Waals surface area (Å²) in [5.41, 5.74) is 5.94. The number of hydrogen-bond donors (Lipinski definition) is 1. The van der Waals surface area contributed by atoms with E-state index in [0.29, 0.717) is 0 Å². The molecular weight excluding hydrogens is 417 g/mol. The zero-order valence-electron chi connectivity index (χ0n) is 13.5. The van der Waals surface area contributed by atoms with E-state index in [-0.39, 0.29) is 6.02 Å². The molecule has 0 spiro atoms. The van der Waals surface area contributed by atoms with Gasteiger partial charge in [-0.25, -0.2) is 0 Å². The summed E-state index contributed by atoms with van der Waals surface area (Å²) in [6.07, 6.45) is 1.72. The topological polar surface area (TPSA) is 71.4 Å². The minimum absolute atomic E-state index is 0.0881. The minimum atomic E-state index is -3.92. The molecule has 3 aromatic rings. The maximum atomic E-state index is 8.87. The number of benzene rings is 3. The molecule has 3 aromatic carbocycles. The Morgan fingerprint density at radius 3 is 1.44 bits per heavy atom. The summed E-state index contributed by atoms with van der Waals surface area (Å²) >= 11 is -3.92. The summed E-state index contributed by atoms with van der Waals surface area (Å²) in [5, 5.41) is 8.87. The second-order valence-corrected chi connectivity index (χ2v) is 14.8. The Hall–Kier alpha value is -2.78. The van der Waals surface area contributed by atoms with Crippen LogP contribution < -0.4 is 16.5 Å². The van der Waals surface area contributed by atoms with E-state index in [9.17, 15) is 0 Å². The zero-order chi connectivity index (χ0) is 17.5. The predicted molar refractivity (Wildman–Crippen MR) is 102 cm³/mol.